The highest BCUT2D eigenvalue weighted by atomic mass is 16.7. The molecule has 0 unspecified atom stereocenters. The largest absolute Gasteiger partial charge is 0.467 e. The Morgan fingerprint density at radius 2 is 2.00 bits per heavy atom. The predicted octanol–water partition coefficient (Wildman–Crippen LogP) is 1.36. The fourth-order valence-electron chi connectivity index (χ4n) is 3.18. The van der Waals surface area contributed by atoms with Gasteiger partial charge in [0.25, 0.3) is 0 Å². The molecule has 0 N–H and O–H groups in total. The molecule has 2 aliphatic heterocycles. The Bertz CT molecular complexity index is 652. The molecule has 0 amide bonds. The van der Waals surface area contributed by atoms with Gasteiger partial charge in [-0.1, -0.05) is 5.10 Å². The molecule has 2 aromatic heterocycles. The fraction of sp³-hybridized carbons (Fsp3) is 0.667. The number of tetrazole rings is 1. The molecule has 0 atom stereocenters. The van der Waals surface area contributed by atoms with Crippen LogP contribution in [0.4, 0.5) is 5.95 Å². The molecule has 8 nitrogen and oxygen atoms in total. The van der Waals surface area contributed by atoms with E-state index in [1.54, 1.807) is 10.9 Å². The fourth-order valence-corrected chi connectivity index (χ4v) is 3.18. The second-order valence-corrected chi connectivity index (χ2v) is 6.11. The molecule has 2 fully saturated rings. The van der Waals surface area contributed by atoms with Crippen molar-refractivity contribution in [1.82, 2.24) is 20.2 Å². The number of nitrogens with zero attached hydrogens (tertiary/aromatic N) is 5. The average molecular weight is 319 g/mol. The number of furan rings is 1. The van der Waals surface area contributed by atoms with Crippen LogP contribution in [0.3, 0.4) is 0 Å². The highest BCUT2D eigenvalue weighted by Gasteiger charge is 2.39. The SMILES string of the molecule is Cc1ccoc1Cn1nnnc1N1CCC2(CC1)OCCCO2. The van der Waals surface area contributed by atoms with Crippen molar-refractivity contribution in [3.05, 3.63) is 23.7 Å². The zero-order valence-corrected chi connectivity index (χ0v) is 13.3. The first-order chi connectivity index (χ1) is 11.3. The highest BCUT2D eigenvalue weighted by molar-refractivity contribution is 5.30. The van der Waals surface area contributed by atoms with Crippen molar-refractivity contribution in [2.75, 3.05) is 31.2 Å². The minimum atomic E-state index is -0.398. The zero-order valence-electron chi connectivity index (χ0n) is 13.3. The van der Waals surface area contributed by atoms with Crippen LogP contribution in [-0.4, -0.2) is 52.3 Å². The van der Waals surface area contributed by atoms with Crippen molar-refractivity contribution in [3.63, 3.8) is 0 Å². The molecule has 2 aliphatic rings. The predicted molar refractivity (Wildman–Crippen MR) is 81.1 cm³/mol. The van der Waals surface area contributed by atoms with E-state index in [0.717, 1.165) is 62.8 Å². The maximum atomic E-state index is 5.88. The van der Waals surface area contributed by atoms with E-state index >= 15 is 0 Å². The van der Waals surface area contributed by atoms with Gasteiger partial charge in [0, 0.05) is 25.9 Å². The Morgan fingerprint density at radius 3 is 2.70 bits per heavy atom. The summed E-state index contributed by atoms with van der Waals surface area (Å²) in [6.07, 6.45) is 4.34. The van der Waals surface area contributed by atoms with Crippen LogP contribution in [-0.2, 0) is 16.0 Å². The number of rotatable bonds is 3. The third-order valence-electron chi connectivity index (χ3n) is 4.60. The van der Waals surface area contributed by atoms with Gasteiger partial charge in [-0.25, -0.2) is 4.68 Å². The second-order valence-electron chi connectivity index (χ2n) is 6.11. The van der Waals surface area contributed by atoms with Gasteiger partial charge in [-0.2, -0.15) is 0 Å². The average Bonchev–Trinajstić information content (AvgIpc) is 3.19. The lowest BCUT2D eigenvalue weighted by atomic mass is 10.0. The second kappa shape index (κ2) is 5.93. The van der Waals surface area contributed by atoms with E-state index in [0.29, 0.717) is 6.54 Å². The maximum absolute atomic E-state index is 5.88. The van der Waals surface area contributed by atoms with Crippen LogP contribution in [0.1, 0.15) is 30.6 Å². The van der Waals surface area contributed by atoms with E-state index in [4.69, 9.17) is 13.9 Å². The van der Waals surface area contributed by atoms with Crippen LogP contribution in [0.5, 0.6) is 0 Å². The molecular weight excluding hydrogens is 298 g/mol. The smallest absolute Gasteiger partial charge is 0.245 e. The normalized spacial score (nSPS) is 21.0. The van der Waals surface area contributed by atoms with Gasteiger partial charge < -0.3 is 18.8 Å². The third kappa shape index (κ3) is 2.84. The Balaban J connectivity index is 1.45. The van der Waals surface area contributed by atoms with Crippen LogP contribution >= 0.6 is 0 Å². The number of ether oxygens (including phenoxy) is 2. The van der Waals surface area contributed by atoms with Crippen LogP contribution in [0, 0.1) is 6.92 Å². The summed E-state index contributed by atoms with van der Waals surface area (Å²) in [7, 11) is 0. The first-order valence-electron chi connectivity index (χ1n) is 8.08. The summed E-state index contributed by atoms with van der Waals surface area (Å²) in [4.78, 5) is 2.19. The molecular formula is C15H21N5O3. The number of anilines is 1. The van der Waals surface area contributed by atoms with Crippen LogP contribution in [0.25, 0.3) is 0 Å². The van der Waals surface area contributed by atoms with Crippen molar-refractivity contribution < 1.29 is 13.9 Å². The number of hydrogen-bond acceptors (Lipinski definition) is 7. The summed E-state index contributed by atoms with van der Waals surface area (Å²) < 4.78 is 19.0. The van der Waals surface area contributed by atoms with E-state index in [9.17, 15) is 0 Å². The Labute approximate surface area is 134 Å². The van der Waals surface area contributed by atoms with E-state index in [-0.39, 0.29) is 0 Å². The van der Waals surface area contributed by atoms with Crippen molar-refractivity contribution >= 4 is 5.95 Å². The Kier molecular flexibility index (Phi) is 3.78. The summed E-state index contributed by atoms with van der Waals surface area (Å²) in [6.45, 7) is 5.76. The molecule has 23 heavy (non-hydrogen) atoms. The quantitative estimate of drug-likeness (QED) is 0.845. The van der Waals surface area contributed by atoms with Crippen LogP contribution in [0.15, 0.2) is 16.7 Å². The molecule has 1 spiro atoms. The van der Waals surface area contributed by atoms with Gasteiger partial charge in [-0.05, 0) is 35.4 Å². The number of aryl methyl sites for hydroxylation is 1. The van der Waals surface area contributed by atoms with E-state index in [2.05, 4.69) is 20.4 Å². The summed E-state index contributed by atoms with van der Waals surface area (Å²) >= 11 is 0. The topological polar surface area (TPSA) is 78.4 Å². The third-order valence-corrected chi connectivity index (χ3v) is 4.60. The van der Waals surface area contributed by atoms with Gasteiger partial charge in [0.1, 0.15) is 12.3 Å². The highest BCUT2D eigenvalue weighted by Crippen LogP contribution is 2.32. The van der Waals surface area contributed by atoms with Crippen LogP contribution in [0.2, 0.25) is 0 Å². The molecule has 8 heteroatoms. The van der Waals surface area contributed by atoms with E-state index < -0.39 is 5.79 Å². The number of aromatic nitrogens is 4. The van der Waals surface area contributed by atoms with Gasteiger partial charge in [0.15, 0.2) is 5.79 Å². The van der Waals surface area contributed by atoms with Crippen molar-refractivity contribution in [1.29, 1.82) is 0 Å². The first kappa shape index (κ1) is 14.6. The van der Waals surface area contributed by atoms with Gasteiger partial charge in [0.2, 0.25) is 5.95 Å². The number of hydrogen-bond donors (Lipinski definition) is 0. The lowest BCUT2D eigenvalue weighted by Crippen LogP contribution is -2.50. The van der Waals surface area contributed by atoms with Gasteiger partial charge in [-0.3, -0.25) is 0 Å². The minimum absolute atomic E-state index is 0.398. The summed E-state index contributed by atoms with van der Waals surface area (Å²) in [5.74, 6) is 1.25. The van der Waals surface area contributed by atoms with Gasteiger partial charge in [0.05, 0.1) is 19.5 Å². The number of piperidine rings is 1. The first-order valence-corrected chi connectivity index (χ1v) is 8.08. The molecule has 0 radical (unpaired) electrons. The Hall–Kier alpha value is -1.93. The molecule has 0 saturated carbocycles. The monoisotopic (exact) mass is 319 g/mol. The molecule has 0 bridgehead atoms. The molecule has 2 saturated heterocycles. The van der Waals surface area contributed by atoms with Crippen LogP contribution < -0.4 is 4.90 Å². The summed E-state index contributed by atoms with van der Waals surface area (Å²) in [5, 5.41) is 12.1. The van der Waals surface area contributed by atoms with Gasteiger partial charge >= 0.3 is 0 Å². The van der Waals surface area contributed by atoms with Gasteiger partial charge in [-0.15, -0.1) is 0 Å². The van der Waals surface area contributed by atoms with Crippen molar-refractivity contribution in [3.8, 4) is 0 Å². The van der Waals surface area contributed by atoms with Crippen molar-refractivity contribution in [2.24, 2.45) is 0 Å². The molecule has 0 aromatic carbocycles. The lowest BCUT2D eigenvalue weighted by Gasteiger charge is -2.43. The summed E-state index contributed by atoms with van der Waals surface area (Å²) in [5.41, 5.74) is 1.10. The summed E-state index contributed by atoms with van der Waals surface area (Å²) in [6, 6.07) is 1.95. The zero-order chi connectivity index (χ0) is 15.7. The van der Waals surface area contributed by atoms with E-state index in [1.165, 1.54) is 0 Å². The van der Waals surface area contributed by atoms with E-state index in [1.807, 2.05) is 13.0 Å². The molecule has 4 heterocycles. The Morgan fingerprint density at radius 1 is 1.22 bits per heavy atom. The molecule has 2 aromatic rings. The molecule has 124 valence electrons. The lowest BCUT2D eigenvalue weighted by molar-refractivity contribution is -0.275. The molecule has 4 rings (SSSR count). The van der Waals surface area contributed by atoms with Crippen molar-refractivity contribution in [2.45, 2.75) is 38.5 Å². The standard InChI is InChI=1S/C15H21N5O3/c1-12-3-10-21-13(12)11-20-14(16-17-18-20)19-6-4-15(5-7-19)22-8-2-9-23-15/h3,10H,2,4-9,11H2,1H3. The minimum Gasteiger partial charge on any atom is -0.467 e. The maximum Gasteiger partial charge on any atom is 0.245 e. The molecule has 0 aliphatic carbocycles.